The van der Waals surface area contributed by atoms with E-state index in [9.17, 15) is 9.59 Å². The summed E-state index contributed by atoms with van der Waals surface area (Å²) in [5.74, 6) is -0.00304. The third kappa shape index (κ3) is 2.15. The first-order valence-corrected chi connectivity index (χ1v) is 7.15. The summed E-state index contributed by atoms with van der Waals surface area (Å²) in [7, 11) is 0. The van der Waals surface area contributed by atoms with E-state index in [0.29, 0.717) is 17.4 Å². The Morgan fingerprint density at radius 2 is 2.00 bits per heavy atom. The predicted molar refractivity (Wildman–Crippen MR) is 86.2 cm³/mol. The molecule has 1 amide bonds. The van der Waals surface area contributed by atoms with Crippen LogP contribution in [0.25, 0.3) is 21.7 Å². The number of benzene rings is 1. The normalized spacial score (nSPS) is 11.0. The van der Waals surface area contributed by atoms with Crippen LogP contribution in [0.2, 0.25) is 0 Å². The molecule has 3 rings (SSSR count). The van der Waals surface area contributed by atoms with Gasteiger partial charge in [-0.15, -0.1) is 0 Å². The van der Waals surface area contributed by atoms with Crippen molar-refractivity contribution in [2.45, 2.75) is 27.2 Å². The number of hydrogen-bond donors (Lipinski definition) is 1. The molecule has 0 saturated carbocycles. The maximum atomic E-state index is 12.4. The number of aromatic nitrogens is 1. The standard InChI is InChI=1S/C17H16N2O3/c1-4-12-9(2)14-11-7-5-6-8-13(11)22-17(21)15(14)16(19-12)18-10(3)20/h5-8H,4H2,1-3H3,(H,18,19,20). The molecule has 0 bridgehead atoms. The van der Waals surface area contributed by atoms with Crippen LogP contribution in [0.1, 0.15) is 25.1 Å². The average Bonchev–Trinajstić information content (AvgIpc) is 2.48. The third-order valence-corrected chi connectivity index (χ3v) is 3.73. The molecule has 0 spiro atoms. The molecule has 2 heterocycles. The fourth-order valence-corrected chi connectivity index (χ4v) is 2.77. The highest BCUT2D eigenvalue weighted by atomic mass is 16.4. The highest BCUT2D eigenvalue weighted by Gasteiger charge is 2.18. The molecule has 0 atom stereocenters. The number of para-hydroxylation sites is 1. The quantitative estimate of drug-likeness (QED) is 0.582. The van der Waals surface area contributed by atoms with Crippen molar-refractivity contribution in [1.29, 1.82) is 0 Å². The number of fused-ring (bicyclic) bond motifs is 3. The number of pyridine rings is 1. The van der Waals surface area contributed by atoms with Gasteiger partial charge in [-0.05, 0) is 25.0 Å². The lowest BCUT2D eigenvalue weighted by Crippen LogP contribution is -2.14. The predicted octanol–water partition coefficient (Wildman–Crippen LogP) is 3.17. The molecule has 0 saturated heterocycles. The molecule has 22 heavy (non-hydrogen) atoms. The van der Waals surface area contributed by atoms with Crippen LogP contribution in [0.15, 0.2) is 33.5 Å². The minimum absolute atomic E-state index is 0.268. The minimum atomic E-state index is -0.490. The highest BCUT2D eigenvalue weighted by Crippen LogP contribution is 2.31. The summed E-state index contributed by atoms with van der Waals surface area (Å²) in [6, 6.07) is 7.39. The number of carbonyl (C=O) groups is 1. The summed E-state index contributed by atoms with van der Waals surface area (Å²) in [5, 5.41) is 4.61. The van der Waals surface area contributed by atoms with Gasteiger partial charge >= 0.3 is 5.63 Å². The Morgan fingerprint density at radius 3 is 2.68 bits per heavy atom. The van der Waals surface area contributed by atoms with Gasteiger partial charge in [-0.1, -0.05) is 25.1 Å². The van der Waals surface area contributed by atoms with Crippen molar-refractivity contribution in [3.05, 3.63) is 45.9 Å². The van der Waals surface area contributed by atoms with E-state index in [1.807, 2.05) is 32.0 Å². The van der Waals surface area contributed by atoms with E-state index in [1.165, 1.54) is 6.92 Å². The molecule has 3 aromatic rings. The molecule has 2 aromatic heterocycles. The molecule has 0 radical (unpaired) electrons. The lowest BCUT2D eigenvalue weighted by atomic mass is 10.0. The van der Waals surface area contributed by atoms with Gasteiger partial charge < -0.3 is 9.73 Å². The van der Waals surface area contributed by atoms with Gasteiger partial charge in [0.2, 0.25) is 5.91 Å². The van der Waals surface area contributed by atoms with Gasteiger partial charge in [-0.3, -0.25) is 4.79 Å². The maximum absolute atomic E-state index is 12.4. The average molecular weight is 296 g/mol. The van der Waals surface area contributed by atoms with E-state index < -0.39 is 5.63 Å². The number of amides is 1. The second-order valence-electron chi connectivity index (χ2n) is 5.20. The number of anilines is 1. The van der Waals surface area contributed by atoms with Crippen molar-refractivity contribution in [3.8, 4) is 0 Å². The van der Waals surface area contributed by atoms with Crippen molar-refractivity contribution in [1.82, 2.24) is 4.98 Å². The summed E-state index contributed by atoms with van der Waals surface area (Å²) in [6.07, 6.45) is 0.711. The number of hydrogen-bond acceptors (Lipinski definition) is 4. The van der Waals surface area contributed by atoms with Gasteiger partial charge in [0, 0.05) is 23.4 Å². The van der Waals surface area contributed by atoms with E-state index in [1.54, 1.807) is 6.07 Å². The second kappa shape index (κ2) is 5.26. The van der Waals surface area contributed by atoms with Gasteiger partial charge in [-0.2, -0.15) is 0 Å². The van der Waals surface area contributed by atoms with Crippen molar-refractivity contribution in [3.63, 3.8) is 0 Å². The van der Waals surface area contributed by atoms with Gasteiger partial charge in [0.1, 0.15) is 16.8 Å². The van der Waals surface area contributed by atoms with E-state index in [-0.39, 0.29) is 11.7 Å². The Balaban J connectivity index is 2.57. The Labute approximate surface area is 127 Å². The van der Waals surface area contributed by atoms with Crippen LogP contribution in [-0.4, -0.2) is 10.9 Å². The fraction of sp³-hybridized carbons (Fsp3) is 0.235. The first kappa shape index (κ1) is 14.3. The minimum Gasteiger partial charge on any atom is -0.422 e. The molecule has 0 fully saturated rings. The number of nitrogens with zero attached hydrogens (tertiary/aromatic N) is 1. The van der Waals surface area contributed by atoms with E-state index >= 15 is 0 Å². The highest BCUT2D eigenvalue weighted by molar-refractivity contribution is 6.11. The van der Waals surface area contributed by atoms with Crippen molar-refractivity contribution >= 4 is 33.5 Å². The molecule has 1 aromatic carbocycles. The summed E-state index contributed by atoms with van der Waals surface area (Å²) in [5.41, 5.74) is 1.84. The van der Waals surface area contributed by atoms with Crippen molar-refractivity contribution in [2.24, 2.45) is 0 Å². The molecule has 0 unspecified atom stereocenters. The van der Waals surface area contributed by atoms with Crippen molar-refractivity contribution in [2.75, 3.05) is 5.32 Å². The molecule has 112 valence electrons. The largest absolute Gasteiger partial charge is 0.422 e. The smallest absolute Gasteiger partial charge is 0.347 e. The zero-order valence-corrected chi connectivity index (χ0v) is 12.7. The van der Waals surface area contributed by atoms with Crippen LogP contribution < -0.4 is 10.9 Å². The molecule has 0 aliphatic carbocycles. The number of nitrogens with one attached hydrogen (secondary N) is 1. The lowest BCUT2D eigenvalue weighted by molar-refractivity contribution is -0.114. The van der Waals surface area contributed by atoms with Crippen LogP contribution >= 0.6 is 0 Å². The summed E-state index contributed by atoms with van der Waals surface area (Å²) in [6.45, 7) is 5.32. The molecule has 0 aliphatic heterocycles. The summed E-state index contributed by atoms with van der Waals surface area (Å²) < 4.78 is 5.38. The topological polar surface area (TPSA) is 72.2 Å². The van der Waals surface area contributed by atoms with Gasteiger partial charge in [0.15, 0.2) is 0 Å². The Bertz CT molecular complexity index is 957. The number of carbonyl (C=O) groups excluding carboxylic acids is 1. The van der Waals surface area contributed by atoms with E-state index in [2.05, 4.69) is 10.3 Å². The Kier molecular flexibility index (Phi) is 3.41. The van der Waals surface area contributed by atoms with Crippen LogP contribution in [-0.2, 0) is 11.2 Å². The monoisotopic (exact) mass is 296 g/mol. The van der Waals surface area contributed by atoms with Gasteiger partial charge in [0.05, 0.1) is 0 Å². The van der Waals surface area contributed by atoms with Gasteiger partial charge in [-0.25, -0.2) is 9.78 Å². The molecular weight excluding hydrogens is 280 g/mol. The summed E-state index contributed by atoms with van der Waals surface area (Å²) in [4.78, 5) is 28.3. The molecular formula is C17H16N2O3. The first-order chi connectivity index (χ1) is 10.5. The first-order valence-electron chi connectivity index (χ1n) is 7.15. The molecule has 0 aliphatic rings. The van der Waals surface area contributed by atoms with Gasteiger partial charge in [0.25, 0.3) is 0 Å². The van der Waals surface area contributed by atoms with Crippen LogP contribution in [0, 0.1) is 6.92 Å². The molecule has 1 N–H and O–H groups in total. The SMILES string of the molecule is CCc1nc(NC(C)=O)c2c(=O)oc3ccccc3c2c1C. The van der Waals surface area contributed by atoms with E-state index in [4.69, 9.17) is 4.42 Å². The zero-order valence-electron chi connectivity index (χ0n) is 12.7. The van der Waals surface area contributed by atoms with Crippen LogP contribution in [0.3, 0.4) is 0 Å². The third-order valence-electron chi connectivity index (χ3n) is 3.73. The van der Waals surface area contributed by atoms with Crippen LogP contribution in [0.5, 0.6) is 0 Å². The van der Waals surface area contributed by atoms with Crippen LogP contribution in [0.4, 0.5) is 5.82 Å². The Hall–Kier alpha value is -2.69. The summed E-state index contributed by atoms with van der Waals surface area (Å²) >= 11 is 0. The lowest BCUT2D eigenvalue weighted by Gasteiger charge is -2.13. The maximum Gasteiger partial charge on any atom is 0.347 e. The molecule has 5 heteroatoms. The van der Waals surface area contributed by atoms with Crippen molar-refractivity contribution < 1.29 is 9.21 Å². The second-order valence-corrected chi connectivity index (χ2v) is 5.20. The Morgan fingerprint density at radius 1 is 1.27 bits per heavy atom. The number of rotatable bonds is 2. The fourth-order valence-electron chi connectivity index (χ4n) is 2.77. The number of aryl methyl sites for hydroxylation is 2. The molecule has 5 nitrogen and oxygen atoms in total. The zero-order chi connectivity index (χ0) is 15.9. The van der Waals surface area contributed by atoms with E-state index in [0.717, 1.165) is 22.0 Å².